The summed E-state index contributed by atoms with van der Waals surface area (Å²) in [6, 6.07) is 7.75. The van der Waals surface area contributed by atoms with Gasteiger partial charge >= 0.3 is 6.18 Å². The molecule has 2 saturated heterocycles. The second kappa shape index (κ2) is 6.01. The molecule has 0 radical (unpaired) electrons. The van der Waals surface area contributed by atoms with Crippen LogP contribution in [0.4, 0.5) is 13.2 Å². The maximum Gasteiger partial charge on any atom is 0.389 e. The van der Waals surface area contributed by atoms with Crippen LogP contribution in [0.1, 0.15) is 36.5 Å². The van der Waals surface area contributed by atoms with Crippen LogP contribution in [0.5, 0.6) is 0 Å². The van der Waals surface area contributed by atoms with Gasteiger partial charge in [0.1, 0.15) is 5.78 Å². The molecule has 0 unspecified atom stereocenters. The van der Waals surface area contributed by atoms with Gasteiger partial charge in [-0.05, 0) is 17.5 Å². The van der Waals surface area contributed by atoms with Crippen molar-refractivity contribution in [3.05, 3.63) is 35.4 Å². The molecule has 0 saturated carbocycles. The van der Waals surface area contributed by atoms with E-state index in [2.05, 4.69) is 5.32 Å². The Balaban J connectivity index is 1.54. The highest BCUT2D eigenvalue weighted by molar-refractivity contribution is 5.80. The number of halogens is 3. The fourth-order valence-corrected chi connectivity index (χ4v) is 3.10. The Kier molecular flexibility index (Phi) is 4.23. The first-order valence-corrected chi connectivity index (χ1v) is 7.47. The Hall–Kier alpha value is -1.40. The van der Waals surface area contributed by atoms with Crippen molar-refractivity contribution in [2.75, 3.05) is 6.54 Å². The Morgan fingerprint density at radius 2 is 2.00 bits per heavy atom. The minimum atomic E-state index is -4.27. The number of ether oxygens (including phenoxy) is 1. The molecule has 6 heteroatoms. The van der Waals surface area contributed by atoms with E-state index >= 15 is 0 Å². The number of hydrogen-bond donors (Lipinski definition) is 1. The molecule has 2 bridgehead atoms. The lowest BCUT2D eigenvalue weighted by Gasteiger charge is -2.23. The predicted octanol–water partition coefficient (Wildman–Crippen LogP) is 2.94. The van der Waals surface area contributed by atoms with Gasteiger partial charge in [0.25, 0.3) is 0 Å². The Morgan fingerprint density at radius 1 is 1.27 bits per heavy atom. The summed E-state index contributed by atoms with van der Waals surface area (Å²) in [5.74, 6) is -0.386. The summed E-state index contributed by atoms with van der Waals surface area (Å²) in [4.78, 5) is 11.6. The molecule has 120 valence electrons. The molecular formula is C16H18F3NO2. The zero-order valence-corrected chi connectivity index (χ0v) is 12.0. The van der Waals surface area contributed by atoms with E-state index in [1.165, 1.54) is 0 Å². The van der Waals surface area contributed by atoms with E-state index in [4.69, 9.17) is 4.74 Å². The van der Waals surface area contributed by atoms with Crippen LogP contribution in [0.2, 0.25) is 0 Å². The van der Waals surface area contributed by atoms with Crippen LogP contribution in [-0.2, 0) is 16.0 Å². The van der Waals surface area contributed by atoms with Crippen LogP contribution in [0.3, 0.4) is 0 Å². The second-order valence-corrected chi connectivity index (χ2v) is 6.00. The van der Waals surface area contributed by atoms with Crippen LogP contribution < -0.4 is 5.32 Å². The van der Waals surface area contributed by atoms with Crippen molar-refractivity contribution in [1.29, 1.82) is 0 Å². The maximum absolute atomic E-state index is 12.1. The van der Waals surface area contributed by atoms with Gasteiger partial charge in [0.15, 0.2) is 0 Å². The van der Waals surface area contributed by atoms with Gasteiger partial charge < -0.3 is 10.1 Å². The summed E-state index contributed by atoms with van der Waals surface area (Å²) in [6.45, 7) is 0.896. The Morgan fingerprint density at radius 3 is 2.55 bits per heavy atom. The normalized spacial score (nSPS) is 27.3. The molecule has 3 nitrogen and oxygen atoms in total. The Labute approximate surface area is 126 Å². The molecule has 3 rings (SSSR count). The van der Waals surface area contributed by atoms with Crippen molar-refractivity contribution >= 4 is 5.78 Å². The quantitative estimate of drug-likeness (QED) is 0.908. The number of fused-ring (bicyclic) bond motifs is 2. The summed E-state index contributed by atoms with van der Waals surface area (Å²) in [5.41, 5.74) is 1.79. The number of Topliss-reactive ketones (excluding diaryl/α,β-unsaturated/α-hetero) is 1. The molecule has 1 N–H and O–H groups in total. The Bertz CT molecular complexity index is 541. The van der Waals surface area contributed by atoms with Crippen molar-refractivity contribution in [2.45, 2.75) is 50.1 Å². The topological polar surface area (TPSA) is 38.3 Å². The standard InChI is InChI=1S/C16H18F3NO2/c17-16(18,19)6-5-12(21)7-10-1-3-11(4-2-10)15-14-8-13(22-15)9-20-14/h1-4,13-15,20H,5-9H2/t13-,14-,15+/m1/s1. The monoisotopic (exact) mass is 313 g/mol. The molecular weight excluding hydrogens is 295 g/mol. The third-order valence-electron chi connectivity index (χ3n) is 4.23. The maximum atomic E-state index is 12.1. The van der Waals surface area contributed by atoms with Gasteiger partial charge in [-0.2, -0.15) is 13.2 Å². The van der Waals surface area contributed by atoms with E-state index in [1.807, 2.05) is 12.1 Å². The molecule has 3 atom stereocenters. The molecule has 2 aliphatic rings. The van der Waals surface area contributed by atoms with Gasteiger partial charge in [-0.3, -0.25) is 4.79 Å². The smallest absolute Gasteiger partial charge is 0.367 e. The second-order valence-electron chi connectivity index (χ2n) is 6.00. The van der Waals surface area contributed by atoms with Gasteiger partial charge in [-0.25, -0.2) is 0 Å². The number of ketones is 1. The van der Waals surface area contributed by atoms with Gasteiger partial charge in [-0.15, -0.1) is 0 Å². The van der Waals surface area contributed by atoms with Gasteiger partial charge in [0.2, 0.25) is 0 Å². The molecule has 2 heterocycles. The van der Waals surface area contributed by atoms with Crippen LogP contribution in [0, 0.1) is 0 Å². The highest BCUT2D eigenvalue weighted by Crippen LogP contribution is 2.36. The summed E-state index contributed by atoms with van der Waals surface area (Å²) in [6.07, 6.45) is -4.40. The molecule has 0 spiro atoms. The van der Waals surface area contributed by atoms with Gasteiger partial charge in [0, 0.05) is 25.4 Å². The average Bonchev–Trinajstić information content (AvgIpc) is 3.08. The highest BCUT2D eigenvalue weighted by atomic mass is 19.4. The number of alkyl halides is 3. The molecule has 1 aromatic rings. The van der Waals surface area contributed by atoms with E-state index in [0.29, 0.717) is 6.04 Å². The first-order chi connectivity index (χ1) is 10.4. The zero-order chi connectivity index (χ0) is 15.7. The lowest BCUT2D eigenvalue weighted by molar-refractivity contribution is -0.143. The molecule has 0 aliphatic carbocycles. The number of hydrogen-bond acceptors (Lipinski definition) is 3. The number of carbonyl (C=O) groups is 1. The number of rotatable bonds is 5. The first kappa shape index (κ1) is 15.5. The van der Waals surface area contributed by atoms with Crippen molar-refractivity contribution in [1.82, 2.24) is 5.32 Å². The van der Waals surface area contributed by atoms with Gasteiger partial charge in [0.05, 0.1) is 18.6 Å². The van der Waals surface area contributed by atoms with Crippen LogP contribution in [0.25, 0.3) is 0 Å². The number of morpholine rings is 1. The van der Waals surface area contributed by atoms with E-state index in [9.17, 15) is 18.0 Å². The summed E-state index contributed by atoms with van der Waals surface area (Å²) in [7, 11) is 0. The molecule has 0 amide bonds. The summed E-state index contributed by atoms with van der Waals surface area (Å²) < 4.78 is 42.1. The van der Waals surface area contributed by atoms with Crippen molar-refractivity contribution in [2.24, 2.45) is 0 Å². The van der Waals surface area contributed by atoms with Crippen LogP contribution in [-0.4, -0.2) is 30.7 Å². The molecule has 1 aromatic carbocycles. The number of nitrogens with one attached hydrogen (secondary N) is 1. The molecule has 2 fully saturated rings. The van der Waals surface area contributed by atoms with Crippen molar-refractivity contribution < 1.29 is 22.7 Å². The third kappa shape index (κ3) is 3.67. The molecule has 0 aromatic heterocycles. The van der Waals surface area contributed by atoms with E-state index in [0.717, 1.165) is 24.1 Å². The fourth-order valence-electron chi connectivity index (χ4n) is 3.10. The fraction of sp³-hybridized carbons (Fsp3) is 0.562. The SMILES string of the molecule is O=C(CCC(F)(F)F)Cc1ccc([C@@H]2O[C@H]3CN[C@@H]2C3)cc1. The van der Waals surface area contributed by atoms with Crippen molar-refractivity contribution in [3.8, 4) is 0 Å². The summed E-state index contributed by atoms with van der Waals surface area (Å²) in [5, 5.41) is 3.40. The lowest BCUT2D eigenvalue weighted by Crippen LogP contribution is -2.33. The van der Waals surface area contributed by atoms with E-state index < -0.39 is 19.0 Å². The van der Waals surface area contributed by atoms with Crippen LogP contribution in [0.15, 0.2) is 24.3 Å². The first-order valence-electron chi connectivity index (χ1n) is 7.47. The number of carbonyl (C=O) groups excluding carboxylic acids is 1. The minimum Gasteiger partial charge on any atom is -0.367 e. The highest BCUT2D eigenvalue weighted by Gasteiger charge is 2.41. The zero-order valence-electron chi connectivity index (χ0n) is 12.0. The third-order valence-corrected chi connectivity index (χ3v) is 4.23. The summed E-state index contributed by atoms with van der Waals surface area (Å²) >= 11 is 0. The number of benzene rings is 1. The van der Waals surface area contributed by atoms with E-state index in [1.54, 1.807) is 12.1 Å². The predicted molar refractivity (Wildman–Crippen MR) is 74.5 cm³/mol. The van der Waals surface area contributed by atoms with Gasteiger partial charge in [-0.1, -0.05) is 24.3 Å². The molecule has 2 aliphatic heterocycles. The lowest BCUT2D eigenvalue weighted by atomic mass is 9.99. The van der Waals surface area contributed by atoms with E-state index in [-0.39, 0.29) is 24.4 Å². The average molecular weight is 313 g/mol. The van der Waals surface area contributed by atoms with Crippen molar-refractivity contribution in [3.63, 3.8) is 0 Å². The largest absolute Gasteiger partial charge is 0.389 e. The minimum absolute atomic E-state index is 0.0359. The van der Waals surface area contributed by atoms with Crippen LogP contribution >= 0.6 is 0 Å². The molecule has 22 heavy (non-hydrogen) atoms.